The predicted molar refractivity (Wildman–Crippen MR) is 76.4 cm³/mol. The van der Waals surface area contributed by atoms with Crippen LogP contribution in [0.3, 0.4) is 0 Å². The number of carbonyl (C=O) groups is 1. The van der Waals surface area contributed by atoms with Gasteiger partial charge in [-0.25, -0.2) is 4.79 Å². The third kappa shape index (κ3) is 4.10. The molecule has 2 heterocycles. The smallest absolute Gasteiger partial charge is 0.407 e. The molecule has 0 aromatic carbocycles. The van der Waals surface area contributed by atoms with Crippen LogP contribution < -0.4 is 0 Å². The van der Waals surface area contributed by atoms with Crippen molar-refractivity contribution in [3.63, 3.8) is 0 Å². The molecule has 0 spiro atoms. The second-order valence-electron chi connectivity index (χ2n) is 6.14. The first-order chi connectivity index (χ1) is 9.20. The number of amides is 1. The van der Waals surface area contributed by atoms with Crippen molar-refractivity contribution in [1.29, 1.82) is 0 Å². The number of nitrogens with zero attached hydrogens (tertiary/aromatic N) is 2. The summed E-state index contributed by atoms with van der Waals surface area (Å²) in [5.74, 6) is 1.61. The third-order valence-electron chi connectivity index (χ3n) is 4.94. The van der Waals surface area contributed by atoms with E-state index < -0.39 is 6.09 Å². The van der Waals surface area contributed by atoms with E-state index in [0.717, 1.165) is 37.8 Å². The van der Waals surface area contributed by atoms with Crippen molar-refractivity contribution in [3.8, 4) is 0 Å². The number of piperidine rings is 2. The van der Waals surface area contributed by atoms with Crippen LogP contribution in [0.2, 0.25) is 0 Å². The monoisotopic (exact) mass is 268 g/mol. The van der Waals surface area contributed by atoms with Crippen molar-refractivity contribution in [1.82, 2.24) is 9.80 Å². The number of carboxylic acid groups (broad SMARTS) is 1. The minimum absolute atomic E-state index is 0.743. The molecule has 1 N–H and O–H groups in total. The molecule has 0 aliphatic carbocycles. The van der Waals surface area contributed by atoms with E-state index in [4.69, 9.17) is 5.11 Å². The van der Waals surface area contributed by atoms with Crippen LogP contribution in [0, 0.1) is 11.8 Å². The number of likely N-dealkylation sites (tertiary alicyclic amines) is 2. The maximum atomic E-state index is 10.9. The summed E-state index contributed by atoms with van der Waals surface area (Å²) < 4.78 is 0. The van der Waals surface area contributed by atoms with Gasteiger partial charge in [-0.1, -0.05) is 13.3 Å². The van der Waals surface area contributed by atoms with Gasteiger partial charge >= 0.3 is 6.09 Å². The summed E-state index contributed by atoms with van der Waals surface area (Å²) in [5, 5.41) is 8.97. The normalized spacial score (nSPS) is 23.7. The molecule has 1 amide bonds. The molecule has 2 rings (SSSR count). The fourth-order valence-corrected chi connectivity index (χ4v) is 3.59. The van der Waals surface area contributed by atoms with E-state index in [1.54, 1.807) is 4.90 Å². The number of unbranched alkanes of at least 4 members (excludes halogenated alkanes) is 1. The number of hydrogen-bond acceptors (Lipinski definition) is 2. The Bertz CT molecular complexity index is 280. The van der Waals surface area contributed by atoms with Crippen LogP contribution in [0.1, 0.15) is 45.4 Å². The first kappa shape index (κ1) is 14.6. The Kier molecular flexibility index (Phi) is 5.49. The molecule has 2 saturated heterocycles. The van der Waals surface area contributed by atoms with Crippen molar-refractivity contribution in [3.05, 3.63) is 0 Å². The van der Waals surface area contributed by atoms with Gasteiger partial charge in [0, 0.05) is 13.1 Å². The zero-order valence-electron chi connectivity index (χ0n) is 12.2. The van der Waals surface area contributed by atoms with E-state index in [1.165, 1.54) is 45.3 Å². The zero-order valence-corrected chi connectivity index (χ0v) is 12.2. The van der Waals surface area contributed by atoms with Crippen LogP contribution in [0.5, 0.6) is 0 Å². The molecule has 0 atom stereocenters. The highest BCUT2D eigenvalue weighted by Gasteiger charge is 2.30. The van der Waals surface area contributed by atoms with Crippen LogP contribution in [0.25, 0.3) is 0 Å². The summed E-state index contributed by atoms with van der Waals surface area (Å²) >= 11 is 0. The van der Waals surface area contributed by atoms with Gasteiger partial charge in [0.05, 0.1) is 0 Å². The quantitative estimate of drug-likeness (QED) is 0.852. The summed E-state index contributed by atoms with van der Waals surface area (Å²) in [7, 11) is 0. The second-order valence-corrected chi connectivity index (χ2v) is 6.14. The Labute approximate surface area is 116 Å². The minimum Gasteiger partial charge on any atom is -0.465 e. The van der Waals surface area contributed by atoms with E-state index in [2.05, 4.69) is 11.8 Å². The number of hydrogen-bond donors (Lipinski definition) is 1. The molecule has 0 unspecified atom stereocenters. The van der Waals surface area contributed by atoms with Crippen LogP contribution in [0.15, 0.2) is 0 Å². The molecular formula is C15H28N2O2. The third-order valence-corrected chi connectivity index (χ3v) is 4.94. The van der Waals surface area contributed by atoms with Crippen molar-refractivity contribution in [2.24, 2.45) is 11.8 Å². The first-order valence-corrected chi connectivity index (χ1v) is 7.91. The van der Waals surface area contributed by atoms with Gasteiger partial charge in [0.2, 0.25) is 0 Å². The SMILES string of the molecule is CCCCN1CCC(C2CCN(C(=O)O)CC2)CC1. The first-order valence-electron chi connectivity index (χ1n) is 7.91. The molecule has 110 valence electrons. The average molecular weight is 268 g/mol. The molecule has 0 saturated carbocycles. The molecule has 0 radical (unpaired) electrons. The summed E-state index contributed by atoms with van der Waals surface area (Å²) in [5.41, 5.74) is 0. The summed E-state index contributed by atoms with van der Waals surface area (Å²) in [6.07, 6.45) is 6.66. The fraction of sp³-hybridized carbons (Fsp3) is 0.933. The molecule has 2 aliphatic heterocycles. The van der Waals surface area contributed by atoms with E-state index in [-0.39, 0.29) is 0 Å². The van der Waals surface area contributed by atoms with Gasteiger partial charge in [-0.3, -0.25) is 0 Å². The second kappa shape index (κ2) is 7.13. The zero-order chi connectivity index (χ0) is 13.7. The Morgan fingerprint density at radius 3 is 2.05 bits per heavy atom. The Morgan fingerprint density at radius 2 is 1.58 bits per heavy atom. The minimum atomic E-state index is -0.743. The van der Waals surface area contributed by atoms with Gasteiger partial charge in [0.25, 0.3) is 0 Å². The lowest BCUT2D eigenvalue weighted by Crippen LogP contribution is -2.42. The van der Waals surface area contributed by atoms with Crippen molar-refractivity contribution in [2.75, 3.05) is 32.7 Å². The summed E-state index contributed by atoms with van der Waals surface area (Å²) in [6.45, 7) is 7.52. The van der Waals surface area contributed by atoms with Crippen molar-refractivity contribution in [2.45, 2.75) is 45.4 Å². The topological polar surface area (TPSA) is 43.8 Å². The lowest BCUT2D eigenvalue weighted by molar-refractivity contribution is 0.0877. The van der Waals surface area contributed by atoms with Crippen LogP contribution in [-0.2, 0) is 0 Å². The maximum Gasteiger partial charge on any atom is 0.407 e. The van der Waals surface area contributed by atoms with Crippen LogP contribution in [-0.4, -0.2) is 53.7 Å². The highest BCUT2D eigenvalue weighted by Crippen LogP contribution is 2.32. The van der Waals surface area contributed by atoms with E-state index in [9.17, 15) is 4.79 Å². The van der Waals surface area contributed by atoms with Gasteiger partial charge in [-0.15, -0.1) is 0 Å². The molecular weight excluding hydrogens is 240 g/mol. The van der Waals surface area contributed by atoms with Gasteiger partial charge in [0.1, 0.15) is 0 Å². The molecule has 4 heteroatoms. The van der Waals surface area contributed by atoms with Gasteiger partial charge in [0.15, 0.2) is 0 Å². The average Bonchev–Trinajstić information content (AvgIpc) is 2.46. The van der Waals surface area contributed by atoms with E-state index in [0.29, 0.717) is 0 Å². The number of rotatable bonds is 4. The van der Waals surface area contributed by atoms with Gasteiger partial charge < -0.3 is 14.9 Å². The lowest BCUT2D eigenvalue weighted by Gasteiger charge is -2.39. The lowest BCUT2D eigenvalue weighted by atomic mass is 9.79. The Morgan fingerprint density at radius 1 is 1.05 bits per heavy atom. The fourth-order valence-electron chi connectivity index (χ4n) is 3.59. The molecule has 0 bridgehead atoms. The molecule has 2 aliphatic rings. The highest BCUT2D eigenvalue weighted by molar-refractivity contribution is 5.64. The molecule has 19 heavy (non-hydrogen) atoms. The summed E-state index contributed by atoms with van der Waals surface area (Å²) in [6, 6.07) is 0. The van der Waals surface area contributed by atoms with Crippen LogP contribution >= 0.6 is 0 Å². The highest BCUT2D eigenvalue weighted by atomic mass is 16.4. The standard InChI is InChI=1S/C15H28N2O2/c1-2-3-8-16-9-4-13(5-10-16)14-6-11-17(12-7-14)15(18)19/h13-14H,2-12H2,1H3,(H,18,19). The molecule has 2 fully saturated rings. The van der Waals surface area contributed by atoms with Crippen molar-refractivity contribution < 1.29 is 9.90 Å². The Hall–Kier alpha value is -0.770. The van der Waals surface area contributed by atoms with Crippen LogP contribution in [0.4, 0.5) is 4.79 Å². The largest absolute Gasteiger partial charge is 0.465 e. The summed E-state index contributed by atoms with van der Waals surface area (Å²) in [4.78, 5) is 15.1. The molecule has 0 aromatic heterocycles. The van der Waals surface area contributed by atoms with Crippen molar-refractivity contribution >= 4 is 6.09 Å². The van der Waals surface area contributed by atoms with Gasteiger partial charge in [-0.05, 0) is 63.6 Å². The predicted octanol–water partition coefficient (Wildman–Crippen LogP) is 2.89. The maximum absolute atomic E-state index is 10.9. The molecule has 0 aromatic rings. The Balaban J connectivity index is 1.69. The molecule has 4 nitrogen and oxygen atoms in total. The van der Waals surface area contributed by atoms with Gasteiger partial charge in [-0.2, -0.15) is 0 Å². The van der Waals surface area contributed by atoms with E-state index >= 15 is 0 Å². The van der Waals surface area contributed by atoms with E-state index in [1.807, 2.05) is 0 Å².